The van der Waals surface area contributed by atoms with Crippen molar-refractivity contribution in [3.63, 3.8) is 0 Å². The van der Waals surface area contributed by atoms with E-state index >= 15 is 0 Å². The Hall–Kier alpha value is -3.04. The molecule has 1 heterocycles. The number of halogens is 1. The van der Waals surface area contributed by atoms with Gasteiger partial charge in [0.05, 0.1) is 4.90 Å². The molecule has 1 amide bonds. The molecule has 0 fully saturated rings. The molecule has 7 nitrogen and oxygen atoms in total. The van der Waals surface area contributed by atoms with Crippen LogP contribution >= 0.6 is 0 Å². The highest BCUT2D eigenvalue weighted by Crippen LogP contribution is 2.23. The molecule has 2 N–H and O–H groups in total. The first-order chi connectivity index (χ1) is 13.2. The Balaban J connectivity index is 1.91. The predicted molar refractivity (Wildman–Crippen MR) is 104 cm³/mol. The van der Waals surface area contributed by atoms with E-state index in [1.165, 1.54) is 36.1 Å². The zero-order valence-electron chi connectivity index (χ0n) is 15.5. The van der Waals surface area contributed by atoms with Crippen molar-refractivity contribution in [1.82, 2.24) is 14.5 Å². The van der Waals surface area contributed by atoms with Crippen LogP contribution in [0, 0.1) is 19.7 Å². The minimum absolute atomic E-state index is 0.0281. The molecule has 0 aliphatic carbocycles. The SMILES string of the molecule is CNS(=O)(=O)c1cc(C(=O)Nc2ccc(-n3cccn3)c(F)c2)cc(C)c1C. The Morgan fingerprint density at radius 2 is 1.93 bits per heavy atom. The Morgan fingerprint density at radius 1 is 1.18 bits per heavy atom. The summed E-state index contributed by atoms with van der Waals surface area (Å²) >= 11 is 0. The molecule has 9 heteroatoms. The molecule has 0 spiro atoms. The first-order valence-corrected chi connectivity index (χ1v) is 9.87. The molecule has 28 heavy (non-hydrogen) atoms. The average Bonchev–Trinajstić information content (AvgIpc) is 3.18. The summed E-state index contributed by atoms with van der Waals surface area (Å²) in [5, 5.41) is 6.56. The van der Waals surface area contributed by atoms with E-state index in [1.807, 2.05) is 0 Å². The number of hydrogen-bond donors (Lipinski definition) is 2. The number of hydrogen-bond acceptors (Lipinski definition) is 4. The van der Waals surface area contributed by atoms with Gasteiger partial charge < -0.3 is 5.32 Å². The van der Waals surface area contributed by atoms with Crippen molar-refractivity contribution >= 4 is 21.6 Å². The molecule has 0 unspecified atom stereocenters. The summed E-state index contributed by atoms with van der Waals surface area (Å²) in [6.45, 7) is 3.39. The van der Waals surface area contributed by atoms with Crippen molar-refractivity contribution in [3.8, 4) is 5.69 Å². The van der Waals surface area contributed by atoms with Crippen molar-refractivity contribution in [2.24, 2.45) is 0 Å². The molecule has 146 valence electrons. The van der Waals surface area contributed by atoms with Gasteiger partial charge in [0.15, 0.2) is 5.82 Å². The van der Waals surface area contributed by atoms with Gasteiger partial charge in [-0.1, -0.05) is 0 Å². The lowest BCUT2D eigenvalue weighted by molar-refractivity contribution is 0.102. The average molecular weight is 402 g/mol. The maximum atomic E-state index is 14.3. The number of amides is 1. The number of rotatable bonds is 5. The summed E-state index contributed by atoms with van der Waals surface area (Å²) in [5.74, 6) is -1.10. The van der Waals surface area contributed by atoms with E-state index in [1.54, 1.807) is 38.2 Å². The van der Waals surface area contributed by atoms with Crippen molar-refractivity contribution in [3.05, 3.63) is 71.3 Å². The minimum atomic E-state index is -3.72. The van der Waals surface area contributed by atoms with Gasteiger partial charge >= 0.3 is 0 Å². The van der Waals surface area contributed by atoms with Gasteiger partial charge in [-0.25, -0.2) is 22.2 Å². The zero-order valence-corrected chi connectivity index (χ0v) is 16.3. The maximum absolute atomic E-state index is 14.3. The van der Waals surface area contributed by atoms with Gasteiger partial charge in [-0.15, -0.1) is 0 Å². The standard InChI is InChI=1S/C19H19FN4O3S/c1-12-9-14(10-18(13(12)2)28(26,27)21-3)19(25)23-15-5-6-17(16(20)11-15)24-8-4-7-22-24/h4-11,21H,1-3H3,(H,23,25). The van der Waals surface area contributed by atoms with Crippen molar-refractivity contribution in [1.29, 1.82) is 0 Å². The van der Waals surface area contributed by atoms with Crippen LogP contribution in [0.1, 0.15) is 21.5 Å². The van der Waals surface area contributed by atoms with Crippen LogP contribution in [0.5, 0.6) is 0 Å². The van der Waals surface area contributed by atoms with Crippen LogP contribution in [-0.4, -0.2) is 31.2 Å². The fraction of sp³-hybridized carbons (Fsp3) is 0.158. The number of aryl methyl sites for hydroxylation is 1. The topological polar surface area (TPSA) is 93.1 Å². The van der Waals surface area contributed by atoms with Crippen LogP contribution in [0.3, 0.4) is 0 Å². The molecule has 0 atom stereocenters. The van der Waals surface area contributed by atoms with Crippen LogP contribution in [0.4, 0.5) is 10.1 Å². The fourth-order valence-corrected chi connectivity index (χ4v) is 3.80. The van der Waals surface area contributed by atoms with Gasteiger partial charge in [0.1, 0.15) is 5.69 Å². The van der Waals surface area contributed by atoms with E-state index in [0.29, 0.717) is 11.1 Å². The number of carbonyl (C=O) groups is 1. The first kappa shape index (κ1) is 19.7. The number of carbonyl (C=O) groups excluding carboxylic acids is 1. The predicted octanol–water partition coefficient (Wildman–Crippen LogP) is 2.79. The van der Waals surface area contributed by atoms with Gasteiger partial charge in [0.25, 0.3) is 5.91 Å². The molecule has 0 radical (unpaired) electrons. The summed E-state index contributed by atoms with van der Waals surface area (Å²) in [6, 6.07) is 8.79. The van der Waals surface area contributed by atoms with E-state index in [0.717, 1.165) is 0 Å². The highest BCUT2D eigenvalue weighted by atomic mass is 32.2. The minimum Gasteiger partial charge on any atom is -0.322 e. The molecular weight excluding hydrogens is 383 g/mol. The Kier molecular flexibility index (Phi) is 5.30. The van der Waals surface area contributed by atoms with E-state index in [4.69, 9.17) is 0 Å². The zero-order chi connectivity index (χ0) is 20.5. The van der Waals surface area contributed by atoms with Crippen molar-refractivity contribution in [2.75, 3.05) is 12.4 Å². The molecule has 3 aromatic rings. The third-order valence-corrected chi connectivity index (χ3v) is 5.94. The normalized spacial score (nSPS) is 11.4. The number of aromatic nitrogens is 2. The lowest BCUT2D eigenvalue weighted by Gasteiger charge is -2.13. The third-order valence-electron chi connectivity index (χ3n) is 4.40. The van der Waals surface area contributed by atoms with Gasteiger partial charge in [-0.2, -0.15) is 5.10 Å². The van der Waals surface area contributed by atoms with E-state index in [-0.39, 0.29) is 21.8 Å². The Morgan fingerprint density at radius 3 is 2.54 bits per heavy atom. The van der Waals surface area contributed by atoms with Crippen LogP contribution < -0.4 is 10.0 Å². The first-order valence-electron chi connectivity index (χ1n) is 8.38. The summed E-state index contributed by atoms with van der Waals surface area (Å²) in [6.07, 6.45) is 3.14. The smallest absolute Gasteiger partial charge is 0.255 e. The lowest BCUT2D eigenvalue weighted by Crippen LogP contribution is -2.21. The van der Waals surface area contributed by atoms with Crippen LogP contribution in [0.25, 0.3) is 5.69 Å². The summed E-state index contributed by atoms with van der Waals surface area (Å²) < 4.78 is 42.4. The van der Waals surface area contributed by atoms with E-state index < -0.39 is 21.7 Å². The molecule has 2 aromatic carbocycles. The highest BCUT2D eigenvalue weighted by molar-refractivity contribution is 7.89. The molecule has 0 bridgehead atoms. The largest absolute Gasteiger partial charge is 0.322 e. The molecule has 1 aromatic heterocycles. The molecule has 0 saturated heterocycles. The monoisotopic (exact) mass is 402 g/mol. The number of benzene rings is 2. The molecular formula is C19H19FN4O3S. The second-order valence-corrected chi connectivity index (χ2v) is 8.05. The molecule has 0 aliphatic rings. The Labute approximate surface area is 162 Å². The van der Waals surface area contributed by atoms with Crippen molar-refractivity contribution in [2.45, 2.75) is 18.7 Å². The molecule has 0 saturated carbocycles. The van der Waals surface area contributed by atoms with Gasteiger partial charge in [-0.05, 0) is 68.4 Å². The summed E-state index contributed by atoms with van der Waals surface area (Å²) in [5.41, 5.74) is 1.86. The summed E-state index contributed by atoms with van der Waals surface area (Å²) in [4.78, 5) is 12.6. The van der Waals surface area contributed by atoms with Gasteiger partial charge in [0, 0.05) is 23.6 Å². The van der Waals surface area contributed by atoms with E-state index in [9.17, 15) is 17.6 Å². The van der Waals surface area contributed by atoms with Crippen LogP contribution in [0.2, 0.25) is 0 Å². The van der Waals surface area contributed by atoms with Gasteiger partial charge in [0.2, 0.25) is 10.0 Å². The lowest BCUT2D eigenvalue weighted by atomic mass is 10.1. The second-order valence-electron chi connectivity index (χ2n) is 6.19. The quantitative estimate of drug-likeness (QED) is 0.686. The number of anilines is 1. The number of nitrogens with zero attached hydrogens (tertiary/aromatic N) is 2. The van der Waals surface area contributed by atoms with Crippen LogP contribution in [-0.2, 0) is 10.0 Å². The second kappa shape index (κ2) is 7.53. The third kappa shape index (κ3) is 3.80. The van der Waals surface area contributed by atoms with Crippen molar-refractivity contribution < 1.29 is 17.6 Å². The van der Waals surface area contributed by atoms with Crippen LogP contribution in [0.15, 0.2) is 53.7 Å². The van der Waals surface area contributed by atoms with Gasteiger partial charge in [-0.3, -0.25) is 4.79 Å². The van der Waals surface area contributed by atoms with E-state index in [2.05, 4.69) is 15.1 Å². The Bertz CT molecular complexity index is 1140. The maximum Gasteiger partial charge on any atom is 0.255 e. The molecule has 3 rings (SSSR count). The summed E-state index contributed by atoms with van der Waals surface area (Å²) in [7, 11) is -2.41. The number of nitrogens with one attached hydrogen (secondary N) is 2. The number of sulfonamides is 1. The molecule has 0 aliphatic heterocycles. The fourth-order valence-electron chi connectivity index (χ4n) is 2.73. The highest BCUT2D eigenvalue weighted by Gasteiger charge is 2.19.